The molecule has 5 rings (SSSR count). The molecule has 7 heteroatoms. The smallest absolute Gasteiger partial charge is 0.410 e. The molecule has 1 aromatic carbocycles. The molecule has 2 unspecified atom stereocenters. The molecule has 4 aliphatic heterocycles. The van der Waals surface area contributed by atoms with Gasteiger partial charge in [-0.1, -0.05) is 24.3 Å². The summed E-state index contributed by atoms with van der Waals surface area (Å²) in [6.07, 6.45) is 7.47. The summed E-state index contributed by atoms with van der Waals surface area (Å²) in [4.78, 5) is 30.8. The van der Waals surface area contributed by atoms with E-state index in [1.54, 1.807) is 7.11 Å². The third kappa shape index (κ3) is 3.90. The molecular formula is C25H35N3O4. The van der Waals surface area contributed by atoms with Gasteiger partial charge in [-0.2, -0.15) is 0 Å². The van der Waals surface area contributed by atoms with Crippen LogP contribution < -0.4 is 0 Å². The number of ether oxygens (including phenoxy) is 2. The third-order valence-electron chi connectivity index (χ3n) is 8.37. The second-order valence-electron chi connectivity index (χ2n) is 10.00. The maximum atomic E-state index is 12.8. The van der Waals surface area contributed by atoms with Crippen LogP contribution in [0.25, 0.3) is 0 Å². The zero-order valence-corrected chi connectivity index (χ0v) is 19.1. The predicted molar refractivity (Wildman–Crippen MR) is 120 cm³/mol. The molecule has 4 aliphatic rings. The normalized spacial score (nSPS) is 29.1. The Kier molecular flexibility index (Phi) is 6.12. The van der Waals surface area contributed by atoms with Gasteiger partial charge in [-0.25, -0.2) is 4.79 Å². The van der Waals surface area contributed by atoms with E-state index in [0.29, 0.717) is 31.3 Å². The van der Waals surface area contributed by atoms with Crippen molar-refractivity contribution in [1.82, 2.24) is 14.7 Å². The van der Waals surface area contributed by atoms with Gasteiger partial charge < -0.3 is 24.2 Å². The van der Waals surface area contributed by atoms with Gasteiger partial charge in [0, 0.05) is 43.7 Å². The number of fused-ring (bicyclic) bond motifs is 4. The first-order valence-corrected chi connectivity index (χ1v) is 12.1. The number of carbonyl (C=O) groups is 2. The molecule has 2 amide bonds. The molecule has 0 radical (unpaired) electrons. The molecular weight excluding hydrogens is 406 g/mol. The van der Waals surface area contributed by atoms with Crippen molar-refractivity contribution < 1.29 is 19.1 Å². The summed E-state index contributed by atoms with van der Waals surface area (Å²) in [5, 5.41) is 0. The fourth-order valence-electron chi connectivity index (χ4n) is 6.72. The summed E-state index contributed by atoms with van der Waals surface area (Å²) < 4.78 is 10.5. The summed E-state index contributed by atoms with van der Waals surface area (Å²) in [5.41, 5.74) is 2.65. The van der Waals surface area contributed by atoms with Gasteiger partial charge in [-0.3, -0.25) is 4.79 Å². The van der Waals surface area contributed by atoms with Crippen molar-refractivity contribution in [3.8, 4) is 0 Å². The minimum atomic E-state index is -0.240. The molecule has 7 nitrogen and oxygen atoms in total. The number of hydrogen-bond donors (Lipinski definition) is 0. The fraction of sp³-hybridized carbons (Fsp3) is 0.680. The molecule has 0 aliphatic carbocycles. The first-order valence-electron chi connectivity index (χ1n) is 12.1. The molecule has 2 bridgehead atoms. The lowest BCUT2D eigenvalue weighted by molar-refractivity contribution is -0.123. The zero-order chi connectivity index (χ0) is 22.1. The molecule has 174 valence electrons. The third-order valence-corrected chi connectivity index (χ3v) is 8.37. The second-order valence-corrected chi connectivity index (χ2v) is 10.00. The van der Waals surface area contributed by atoms with Crippen LogP contribution in [0.5, 0.6) is 0 Å². The van der Waals surface area contributed by atoms with Crippen LogP contribution in [0.15, 0.2) is 24.3 Å². The van der Waals surface area contributed by atoms with Crippen molar-refractivity contribution in [2.75, 3.05) is 40.0 Å². The molecule has 3 saturated heterocycles. The van der Waals surface area contributed by atoms with Crippen molar-refractivity contribution in [3.05, 3.63) is 35.4 Å². The van der Waals surface area contributed by atoms with E-state index in [2.05, 4.69) is 34.1 Å². The topological polar surface area (TPSA) is 62.3 Å². The minimum Gasteiger partial charge on any atom is -0.447 e. The van der Waals surface area contributed by atoms with E-state index in [0.717, 1.165) is 64.6 Å². The number of hydrogen-bond acceptors (Lipinski definition) is 5. The first-order chi connectivity index (χ1) is 15.6. The monoisotopic (exact) mass is 441 g/mol. The van der Waals surface area contributed by atoms with Crippen molar-refractivity contribution in [2.24, 2.45) is 0 Å². The molecule has 0 aromatic heterocycles. The van der Waals surface area contributed by atoms with Crippen molar-refractivity contribution in [2.45, 2.75) is 68.6 Å². The van der Waals surface area contributed by atoms with Gasteiger partial charge in [0.1, 0.15) is 6.61 Å². The number of benzene rings is 1. The second kappa shape index (κ2) is 9.02. The predicted octanol–water partition coefficient (Wildman–Crippen LogP) is 2.77. The summed E-state index contributed by atoms with van der Waals surface area (Å²) in [5.74, 6) is 0. The highest BCUT2D eigenvalue weighted by Crippen LogP contribution is 2.44. The highest BCUT2D eigenvalue weighted by molar-refractivity contribution is 5.68. The van der Waals surface area contributed by atoms with Crippen molar-refractivity contribution in [1.29, 1.82) is 0 Å². The Bertz CT molecular complexity index is 824. The van der Waals surface area contributed by atoms with Crippen LogP contribution in [-0.4, -0.2) is 85.3 Å². The average molecular weight is 442 g/mol. The molecule has 3 fully saturated rings. The molecule has 32 heavy (non-hydrogen) atoms. The number of rotatable bonds is 5. The highest BCUT2D eigenvalue weighted by Gasteiger charge is 2.47. The molecule has 4 heterocycles. The number of likely N-dealkylation sites (tertiary alicyclic amines) is 1. The molecule has 1 spiro atoms. The average Bonchev–Trinajstić information content (AvgIpc) is 3.07. The Balaban J connectivity index is 1.28. The molecule has 2 atom stereocenters. The van der Waals surface area contributed by atoms with E-state index in [9.17, 15) is 9.59 Å². The number of methoxy groups -OCH3 is 1. The lowest BCUT2D eigenvalue weighted by atomic mass is 9.68. The first kappa shape index (κ1) is 21.7. The Morgan fingerprint density at radius 2 is 1.81 bits per heavy atom. The Labute approximate surface area is 190 Å². The van der Waals surface area contributed by atoms with E-state index in [1.807, 2.05) is 4.90 Å². The highest BCUT2D eigenvalue weighted by atomic mass is 16.6. The summed E-state index contributed by atoms with van der Waals surface area (Å²) in [6.45, 7) is 4.13. The summed E-state index contributed by atoms with van der Waals surface area (Å²) in [6, 6.07) is 10.1. The Morgan fingerprint density at radius 3 is 2.50 bits per heavy atom. The van der Waals surface area contributed by atoms with Gasteiger partial charge in [0.2, 0.25) is 6.41 Å². The van der Waals surface area contributed by atoms with Crippen molar-refractivity contribution >= 4 is 12.5 Å². The van der Waals surface area contributed by atoms with E-state index >= 15 is 0 Å². The molecule has 0 N–H and O–H groups in total. The van der Waals surface area contributed by atoms with Crippen LogP contribution in [-0.2, 0) is 26.2 Å². The molecule has 1 aromatic rings. The van der Waals surface area contributed by atoms with Crippen LogP contribution in [0.4, 0.5) is 4.79 Å². The lowest BCUT2D eigenvalue weighted by Crippen LogP contribution is -2.57. The van der Waals surface area contributed by atoms with E-state index in [4.69, 9.17) is 9.47 Å². The minimum absolute atomic E-state index is 0.00585. The quantitative estimate of drug-likeness (QED) is 0.519. The van der Waals surface area contributed by atoms with Gasteiger partial charge >= 0.3 is 6.09 Å². The van der Waals surface area contributed by atoms with Crippen LogP contribution >= 0.6 is 0 Å². The summed E-state index contributed by atoms with van der Waals surface area (Å²) >= 11 is 0. The fourth-order valence-corrected chi connectivity index (χ4v) is 6.72. The van der Waals surface area contributed by atoms with Crippen LogP contribution in [0.3, 0.4) is 0 Å². The van der Waals surface area contributed by atoms with E-state index < -0.39 is 0 Å². The van der Waals surface area contributed by atoms with Crippen molar-refractivity contribution in [3.63, 3.8) is 0 Å². The standard InChI is InChI=1S/C25H35N3O4/c1-31-12-13-32-24(30)27-16-19-4-2-3-5-23(19)25(17-27)8-10-26(11-9-25)22-14-20-6-7-21(15-22)28(20)18-29/h2-5,18,20-22H,6-17H2,1H3. The van der Waals surface area contributed by atoms with Crippen LogP contribution in [0, 0.1) is 0 Å². The van der Waals surface area contributed by atoms with Gasteiger partial charge in [-0.15, -0.1) is 0 Å². The maximum absolute atomic E-state index is 12.8. The van der Waals surface area contributed by atoms with Gasteiger partial charge in [0.05, 0.1) is 6.61 Å². The molecule has 0 saturated carbocycles. The number of carbonyl (C=O) groups excluding carboxylic acids is 2. The number of nitrogens with zero attached hydrogens (tertiary/aromatic N) is 3. The number of piperidine rings is 2. The van der Waals surface area contributed by atoms with E-state index in [-0.39, 0.29) is 18.1 Å². The van der Waals surface area contributed by atoms with Gasteiger partial charge in [0.25, 0.3) is 0 Å². The largest absolute Gasteiger partial charge is 0.447 e. The summed E-state index contributed by atoms with van der Waals surface area (Å²) in [7, 11) is 1.61. The Hall–Kier alpha value is -2.12. The maximum Gasteiger partial charge on any atom is 0.410 e. The van der Waals surface area contributed by atoms with Crippen LogP contribution in [0.2, 0.25) is 0 Å². The Morgan fingerprint density at radius 1 is 1.09 bits per heavy atom. The van der Waals surface area contributed by atoms with Crippen LogP contribution in [0.1, 0.15) is 49.7 Å². The SMILES string of the molecule is COCCOC(=O)N1Cc2ccccc2C2(CCN(C3CC4CCC(C3)N4C=O)CC2)C1. The van der Waals surface area contributed by atoms with Gasteiger partial charge in [-0.05, 0) is 62.7 Å². The van der Waals surface area contributed by atoms with E-state index in [1.165, 1.54) is 11.1 Å². The lowest BCUT2D eigenvalue weighted by Gasteiger charge is -2.51. The number of amides is 2. The zero-order valence-electron chi connectivity index (χ0n) is 19.1. The van der Waals surface area contributed by atoms with Gasteiger partial charge in [0.15, 0.2) is 0 Å².